The number of anilines is 1. The van der Waals surface area contributed by atoms with Crippen LogP contribution in [0, 0.1) is 5.92 Å². The van der Waals surface area contributed by atoms with Gasteiger partial charge < -0.3 is 20.3 Å². The molecule has 6 nitrogen and oxygen atoms in total. The number of carbonyl (C=O) groups is 2. The second-order valence-corrected chi connectivity index (χ2v) is 8.32. The molecule has 0 spiro atoms. The van der Waals surface area contributed by atoms with Crippen molar-refractivity contribution in [3.05, 3.63) is 23.8 Å². The smallest absolute Gasteiger partial charge is 0.224 e. The number of unbranched alkanes of at least 4 members (excludes halogenated alkanes) is 1. The van der Waals surface area contributed by atoms with Gasteiger partial charge in [0.1, 0.15) is 5.75 Å². The van der Waals surface area contributed by atoms with E-state index in [1.807, 2.05) is 30.1 Å². The van der Waals surface area contributed by atoms with Crippen molar-refractivity contribution >= 4 is 17.5 Å². The number of hydrogen-bond acceptors (Lipinski definition) is 4. The van der Waals surface area contributed by atoms with Gasteiger partial charge in [-0.1, -0.05) is 12.8 Å². The van der Waals surface area contributed by atoms with Crippen LogP contribution in [0.15, 0.2) is 18.2 Å². The van der Waals surface area contributed by atoms with Crippen LogP contribution in [0.25, 0.3) is 0 Å². The number of rotatable bonds is 10. The third-order valence-corrected chi connectivity index (χ3v) is 6.02. The topological polar surface area (TPSA) is 70.7 Å². The van der Waals surface area contributed by atoms with E-state index in [1.165, 1.54) is 25.7 Å². The maximum absolute atomic E-state index is 12.3. The molecule has 0 atom stereocenters. The molecule has 2 heterocycles. The summed E-state index contributed by atoms with van der Waals surface area (Å²) in [5, 5.41) is 6.28. The molecule has 2 aliphatic rings. The first-order valence-electron chi connectivity index (χ1n) is 11.1. The SMILES string of the molecule is CN(CCCCC1CCNCC1)C(=O)CCCOc1ccc2c(c1)CCC(=O)N2. The fraction of sp³-hybridized carbons (Fsp3) is 0.652. The molecule has 3 rings (SSSR count). The molecule has 1 aromatic rings. The number of benzene rings is 1. The molecule has 2 amide bonds. The summed E-state index contributed by atoms with van der Waals surface area (Å²) in [6.07, 6.45) is 8.70. The van der Waals surface area contributed by atoms with Crippen molar-refractivity contribution in [2.75, 3.05) is 38.6 Å². The summed E-state index contributed by atoms with van der Waals surface area (Å²) in [6.45, 7) is 3.70. The van der Waals surface area contributed by atoms with Crippen LogP contribution in [0.4, 0.5) is 5.69 Å². The summed E-state index contributed by atoms with van der Waals surface area (Å²) in [4.78, 5) is 25.6. The minimum atomic E-state index is 0.0695. The number of amides is 2. The molecule has 1 aromatic carbocycles. The predicted molar refractivity (Wildman–Crippen MR) is 115 cm³/mol. The van der Waals surface area contributed by atoms with Gasteiger partial charge in [-0.25, -0.2) is 0 Å². The van der Waals surface area contributed by atoms with Gasteiger partial charge in [-0.15, -0.1) is 0 Å². The lowest BCUT2D eigenvalue weighted by atomic mass is 9.92. The molecule has 1 saturated heterocycles. The zero-order valence-electron chi connectivity index (χ0n) is 17.7. The molecule has 0 bridgehead atoms. The molecule has 6 heteroatoms. The molecule has 0 aliphatic carbocycles. The summed E-state index contributed by atoms with van der Waals surface area (Å²) < 4.78 is 5.81. The van der Waals surface area contributed by atoms with Crippen LogP contribution >= 0.6 is 0 Å². The maximum atomic E-state index is 12.3. The highest BCUT2D eigenvalue weighted by Crippen LogP contribution is 2.27. The lowest BCUT2D eigenvalue weighted by Crippen LogP contribution is -2.29. The van der Waals surface area contributed by atoms with E-state index >= 15 is 0 Å². The Bertz CT molecular complexity index is 686. The van der Waals surface area contributed by atoms with Crippen LogP contribution in [-0.2, 0) is 16.0 Å². The number of nitrogens with one attached hydrogen (secondary N) is 2. The number of aryl methyl sites for hydroxylation is 1. The van der Waals surface area contributed by atoms with Crippen molar-refractivity contribution < 1.29 is 14.3 Å². The number of ether oxygens (including phenoxy) is 1. The molecule has 29 heavy (non-hydrogen) atoms. The molecular weight excluding hydrogens is 366 g/mol. The highest BCUT2D eigenvalue weighted by molar-refractivity contribution is 5.94. The van der Waals surface area contributed by atoms with Gasteiger partial charge in [0, 0.05) is 32.1 Å². The first-order chi connectivity index (χ1) is 14.1. The van der Waals surface area contributed by atoms with Crippen molar-refractivity contribution in [1.29, 1.82) is 0 Å². The Balaban J connectivity index is 1.27. The molecule has 2 N–H and O–H groups in total. The molecule has 0 saturated carbocycles. The van der Waals surface area contributed by atoms with E-state index in [-0.39, 0.29) is 11.8 Å². The van der Waals surface area contributed by atoms with Gasteiger partial charge in [-0.2, -0.15) is 0 Å². The van der Waals surface area contributed by atoms with E-state index in [0.29, 0.717) is 25.9 Å². The fourth-order valence-corrected chi connectivity index (χ4v) is 4.13. The quantitative estimate of drug-likeness (QED) is 0.590. The van der Waals surface area contributed by atoms with Crippen LogP contribution in [0.1, 0.15) is 56.9 Å². The molecule has 0 unspecified atom stereocenters. The highest BCUT2D eigenvalue weighted by atomic mass is 16.5. The number of nitrogens with zero attached hydrogens (tertiary/aromatic N) is 1. The number of carbonyl (C=O) groups excluding carboxylic acids is 2. The van der Waals surface area contributed by atoms with Crippen molar-refractivity contribution in [3.63, 3.8) is 0 Å². The van der Waals surface area contributed by atoms with Crippen LogP contribution < -0.4 is 15.4 Å². The first kappa shape index (κ1) is 21.6. The van der Waals surface area contributed by atoms with E-state index in [0.717, 1.165) is 55.4 Å². The molecule has 2 aliphatic heterocycles. The van der Waals surface area contributed by atoms with Crippen LogP contribution in [0.5, 0.6) is 5.75 Å². The minimum Gasteiger partial charge on any atom is -0.494 e. The Hall–Kier alpha value is -2.08. The monoisotopic (exact) mass is 401 g/mol. The van der Waals surface area contributed by atoms with E-state index in [1.54, 1.807) is 0 Å². The average molecular weight is 402 g/mol. The average Bonchev–Trinajstić information content (AvgIpc) is 2.74. The summed E-state index contributed by atoms with van der Waals surface area (Å²) >= 11 is 0. The second kappa shape index (κ2) is 11.2. The largest absolute Gasteiger partial charge is 0.494 e. The van der Waals surface area contributed by atoms with Gasteiger partial charge in [0.15, 0.2) is 0 Å². The fourth-order valence-electron chi connectivity index (χ4n) is 4.13. The van der Waals surface area contributed by atoms with Gasteiger partial charge in [0.25, 0.3) is 0 Å². The molecule has 0 aromatic heterocycles. The third kappa shape index (κ3) is 7.03. The second-order valence-electron chi connectivity index (χ2n) is 8.32. The molecule has 0 radical (unpaired) electrons. The van der Waals surface area contributed by atoms with Gasteiger partial charge >= 0.3 is 0 Å². The van der Waals surface area contributed by atoms with E-state index in [9.17, 15) is 9.59 Å². The van der Waals surface area contributed by atoms with Crippen LogP contribution in [0.2, 0.25) is 0 Å². The molecule has 160 valence electrons. The Morgan fingerprint density at radius 3 is 2.83 bits per heavy atom. The summed E-state index contributed by atoms with van der Waals surface area (Å²) in [6, 6.07) is 5.76. The molecule has 1 fully saturated rings. The minimum absolute atomic E-state index is 0.0695. The Morgan fingerprint density at radius 2 is 2.00 bits per heavy atom. The Labute approximate surface area is 174 Å². The predicted octanol–water partition coefficient (Wildman–Crippen LogP) is 3.36. The van der Waals surface area contributed by atoms with Crippen molar-refractivity contribution in [1.82, 2.24) is 10.2 Å². The number of piperidine rings is 1. The van der Waals surface area contributed by atoms with Gasteiger partial charge in [-0.3, -0.25) is 9.59 Å². The Kier molecular flexibility index (Phi) is 8.35. The maximum Gasteiger partial charge on any atom is 0.224 e. The lowest BCUT2D eigenvalue weighted by molar-refractivity contribution is -0.130. The van der Waals surface area contributed by atoms with E-state index in [2.05, 4.69) is 10.6 Å². The summed E-state index contributed by atoms with van der Waals surface area (Å²) in [5.41, 5.74) is 1.99. The normalized spacial score (nSPS) is 16.8. The standard InChI is InChI=1S/C23H35N3O3/c1-26(15-3-2-5-18-11-13-24-14-12-18)23(28)6-4-16-29-20-8-9-21-19(17-20)7-10-22(27)25-21/h8-9,17-18,24H,2-7,10-16H2,1H3,(H,25,27). The Morgan fingerprint density at radius 1 is 1.17 bits per heavy atom. The number of fused-ring (bicyclic) bond motifs is 1. The van der Waals surface area contributed by atoms with Crippen LogP contribution in [0.3, 0.4) is 0 Å². The molecular formula is C23H35N3O3. The van der Waals surface area contributed by atoms with Gasteiger partial charge in [0.05, 0.1) is 6.61 Å². The van der Waals surface area contributed by atoms with Crippen LogP contribution in [-0.4, -0.2) is 50.0 Å². The zero-order valence-corrected chi connectivity index (χ0v) is 17.7. The van der Waals surface area contributed by atoms with E-state index < -0.39 is 0 Å². The summed E-state index contributed by atoms with van der Waals surface area (Å²) in [5.74, 6) is 1.94. The van der Waals surface area contributed by atoms with Crippen molar-refractivity contribution in [2.24, 2.45) is 5.92 Å². The highest BCUT2D eigenvalue weighted by Gasteiger charge is 2.15. The zero-order chi connectivity index (χ0) is 20.5. The third-order valence-electron chi connectivity index (χ3n) is 6.02. The van der Waals surface area contributed by atoms with Crippen molar-refractivity contribution in [3.8, 4) is 5.75 Å². The van der Waals surface area contributed by atoms with Gasteiger partial charge in [0.2, 0.25) is 11.8 Å². The lowest BCUT2D eigenvalue weighted by Gasteiger charge is -2.23. The summed E-state index contributed by atoms with van der Waals surface area (Å²) in [7, 11) is 1.91. The first-order valence-corrected chi connectivity index (χ1v) is 11.1. The van der Waals surface area contributed by atoms with E-state index in [4.69, 9.17) is 4.74 Å². The van der Waals surface area contributed by atoms with Gasteiger partial charge in [-0.05, 0) is 74.9 Å². The van der Waals surface area contributed by atoms with Crippen molar-refractivity contribution in [2.45, 2.75) is 57.8 Å². The number of hydrogen-bond donors (Lipinski definition) is 2.